The minimum atomic E-state index is -0.174. The van der Waals surface area contributed by atoms with Gasteiger partial charge in [-0.2, -0.15) is 0 Å². The van der Waals surface area contributed by atoms with Crippen LogP contribution in [0.25, 0.3) is 0 Å². The molecule has 1 fully saturated rings. The molecular formula is C15H20Cl2N2O. The van der Waals surface area contributed by atoms with Crippen LogP contribution in [0.2, 0.25) is 10.0 Å². The molecule has 1 saturated carbocycles. The molecule has 110 valence electrons. The first-order valence-corrected chi connectivity index (χ1v) is 7.37. The van der Waals surface area contributed by atoms with Crippen LogP contribution >= 0.6 is 23.2 Å². The molecule has 0 saturated heterocycles. The number of halogens is 2. The third-order valence-corrected chi connectivity index (χ3v) is 5.75. The highest BCUT2D eigenvalue weighted by molar-refractivity contribution is 6.39. The number of hydrogen-bond donors (Lipinski definition) is 2. The van der Waals surface area contributed by atoms with Crippen LogP contribution in [0.5, 0.6) is 0 Å². The summed E-state index contributed by atoms with van der Waals surface area (Å²) in [5.41, 5.74) is 6.89. The molecule has 0 atom stereocenters. The van der Waals surface area contributed by atoms with Gasteiger partial charge in [0.15, 0.2) is 0 Å². The first-order valence-electron chi connectivity index (χ1n) is 6.61. The molecule has 1 aliphatic carbocycles. The lowest BCUT2D eigenvalue weighted by molar-refractivity contribution is 0.0950. The fourth-order valence-electron chi connectivity index (χ4n) is 2.86. The van der Waals surface area contributed by atoms with Gasteiger partial charge in [-0.25, -0.2) is 0 Å². The van der Waals surface area contributed by atoms with E-state index in [0.717, 1.165) is 0 Å². The van der Waals surface area contributed by atoms with Crippen molar-refractivity contribution in [3.8, 4) is 0 Å². The Bertz CT molecular complexity index is 530. The lowest BCUT2D eigenvalue weighted by Crippen LogP contribution is -2.27. The van der Waals surface area contributed by atoms with E-state index in [1.165, 1.54) is 0 Å². The second-order valence-corrected chi connectivity index (χ2v) is 7.37. The van der Waals surface area contributed by atoms with Crippen LogP contribution in [-0.4, -0.2) is 12.5 Å². The molecule has 0 bridgehead atoms. The van der Waals surface area contributed by atoms with Gasteiger partial charge in [0.1, 0.15) is 0 Å². The van der Waals surface area contributed by atoms with Crippen molar-refractivity contribution in [3.63, 3.8) is 0 Å². The first-order chi connectivity index (χ1) is 9.09. The Morgan fingerprint density at radius 1 is 1.20 bits per heavy atom. The van der Waals surface area contributed by atoms with E-state index in [4.69, 9.17) is 28.9 Å². The second-order valence-electron chi connectivity index (χ2n) is 6.56. The number of hydrogen-bond acceptors (Lipinski definition) is 2. The predicted molar refractivity (Wildman–Crippen MR) is 84.3 cm³/mol. The van der Waals surface area contributed by atoms with E-state index in [1.807, 2.05) is 0 Å². The Kier molecular flexibility index (Phi) is 3.72. The largest absolute Gasteiger partial charge is 0.396 e. The van der Waals surface area contributed by atoms with Crippen LogP contribution in [0.1, 0.15) is 38.1 Å². The van der Waals surface area contributed by atoms with Gasteiger partial charge in [-0.3, -0.25) is 4.79 Å². The van der Waals surface area contributed by atoms with Crippen molar-refractivity contribution in [2.75, 3.05) is 12.3 Å². The Balaban J connectivity index is 2.04. The number of anilines is 1. The summed E-state index contributed by atoms with van der Waals surface area (Å²) in [7, 11) is 0. The molecule has 0 aliphatic heterocycles. The van der Waals surface area contributed by atoms with Gasteiger partial charge in [0.25, 0.3) is 5.91 Å². The summed E-state index contributed by atoms with van der Waals surface area (Å²) in [5, 5.41) is 3.55. The van der Waals surface area contributed by atoms with E-state index in [9.17, 15) is 4.79 Å². The van der Waals surface area contributed by atoms with E-state index in [1.54, 1.807) is 12.1 Å². The summed E-state index contributed by atoms with van der Waals surface area (Å²) < 4.78 is 0. The highest BCUT2D eigenvalue weighted by atomic mass is 35.5. The fourth-order valence-corrected chi connectivity index (χ4v) is 3.34. The Hall–Kier alpha value is -0.930. The number of nitrogens with one attached hydrogen (secondary N) is 1. The Morgan fingerprint density at radius 2 is 1.65 bits per heavy atom. The summed E-state index contributed by atoms with van der Waals surface area (Å²) in [6.07, 6.45) is 0. The molecule has 1 aromatic carbocycles. The normalized spacial score (nSPS) is 19.7. The van der Waals surface area contributed by atoms with Crippen LogP contribution in [0.3, 0.4) is 0 Å². The maximum atomic E-state index is 12.1. The zero-order valence-corrected chi connectivity index (χ0v) is 13.7. The van der Waals surface area contributed by atoms with Crippen molar-refractivity contribution >= 4 is 34.8 Å². The third kappa shape index (κ3) is 2.38. The molecule has 3 N–H and O–H groups in total. The van der Waals surface area contributed by atoms with E-state index < -0.39 is 0 Å². The summed E-state index contributed by atoms with van der Waals surface area (Å²) in [4.78, 5) is 12.1. The number of benzene rings is 1. The average Bonchev–Trinajstić information content (AvgIpc) is 2.73. The maximum absolute atomic E-state index is 12.1. The highest BCUT2D eigenvalue weighted by Crippen LogP contribution is 2.67. The van der Waals surface area contributed by atoms with Crippen molar-refractivity contribution in [2.45, 2.75) is 27.7 Å². The molecule has 1 aliphatic rings. The quantitative estimate of drug-likeness (QED) is 0.829. The molecule has 2 rings (SSSR count). The number of carbonyl (C=O) groups excluding carboxylic acids is 1. The summed E-state index contributed by atoms with van der Waals surface area (Å²) in [6, 6.07) is 3.09. The second kappa shape index (κ2) is 4.81. The number of rotatable bonds is 3. The van der Waals surface area contributed by atoms with Gasteiger partial charge in [-0.05, 0) is 28.9 Å². The molecule has 20 heavy (non-hydrogen) atoms. The van der Waals surface area contributed by atoms with E-state index in [-0.39, 0.29) is 16.7 Å². The zero-order chi connectivity index (χ0) is 15.3. The van der Waals surface area contributed by atoms with Crippen molar-refractivity contribution in [1.29, 1.82) is 0 Å². The summed E-state index contributed by atoms with van der Waals surface area (Å²) >= 11 is 11.9. The van der Waals surface area contributed by atoms with Crippen LogP contribution in [0.15, 0.2) is 12.1 Å². The van der Waals surface area contributed by atoms with E-state index in [0.29, 0.717) is 33.8 Å². The molecule has 3 nitrogen and oxygen atoms in total. The number of carbonyl (C=O) groups is 1. The Morgan fingerprint density at radius 3 is 2.05 bits per heavy atom. The fraction of sp³-hybridized carbons (Fsp3) is 0.533. The maximum Gasteiger partial charge on any atom is 0.251 e. The Labute approximate surface area is 129 Å². The molecule has 1 amide bonds. The van der Waals surface area contributed by atoms with Gasteiger partial charge in [0.05, 0.1) is 15.7 Å². The van der Waals surface area contributed by atoms with E-state index >= 15 is 0 Å². The molecule has 1 aromatic rings. The summed E-state index contributed by atoms with van der Waals surface area (Å²) in [6.45, 7) is 9.54. The van der Waals surface area contributed by atoms with Crippen molar-refractivity contribution < 1.29 is 4.79 Å². The summed E-state index contributed by atoms with van der Waals surface area (Å²) in [5.74, 6) is 0.297. The average molecular weight is 315 g/mol. The third-order valence-electron chi connectivity index (χ3n) is 5.13. The minimum absolute atomic E-state index is 0.174. The van der Waals surface area contributed by atoms with Crippen molar-refractivity contribution in [3.05, 3.63) is 27.7 Å². The van der Waals surface area contributed by atoms with Gasteiger partial charge in [0.2, 0.25) is 0 Å². The van der Waals surface area contributed by atoms with Gasteiger partial charge in [0, 0.05) is 12.1 Å². The van der Waals surface area contributed by atoms with Crippen LogP contribution in [-0.2, 0) is 0 Å². The van der Waals surface area contributed by atoms with Crippen LogP contribution in [0.4, 0.5) is 5.69 Å². The smallest absolute Gasteiger partial charge is 0.251 e. The molecule has 0 heterocycles. The molecule has 0 spiro atoms. The number of nitrogen functional groups attached to an aromatic ring is 1. The van der Waals surface area contributed by atoms with Crippen molar-refractivity contribution in [1.82, 2.24) is 5.32 Å². The van der Waals surface area contributed by atoms with Crippen LogP contribution in [0, 0.1) is 16.7 Å². The van der Waals surface area contributed by atoms with Crippen LogP contribution < -0.4 is 11.1 Å². The van der Waals surface area contributed by atoms with Gasteiger partial charge in [-0.1, -0.05) is 50.9 Å². The molecular weight excluding hydrogens is 295 g/mol. The van der Waals surface area contributed by atoms with E-state index in [2.05, 4.69) is 33.0 Å². The lowest BCUT2D eigenvalue weighted by Gasteiger charge is -2.09. The SMILES string of the molecule is CC1(C)C(CNC(=O)c2cc(Cl)c(N)c(Cl)c2)C1(C)C. The highest BCUT2D eigenvalue weighted by Gasteiger charge is 2.64. The molecule has 0 unspecified atom stereocenters. The van der Waals surface area contributed by atoms with Gasteiger partial charge >= 0.3 is 0 Å². The predicted octanol–water partition coefficient (Wildman–Crippen LogP) is 3.99. The van der Waals surface area contributed by atoms with Gasteiger partial charge < -0.3 is 11.1 Å². The lowest BCUT2D eigenvalue weighted by atomic mass is 10.0. The molecule has 5 heteroatoms. The topological polar surface area (TPSA) is 55.1 Å². The monoisotopic (exact) mass is 314 g/mol. The number of nitrogens with two attached hydrogens (primary N) is 1. The molecule has 0 radical (unpaired) electrons. The first kappa shape index (κ1) is 15.5. The molecule has 0 aromatic heterocycles. The standard InChI is InChI=1S/C15H20Cl2N2O/c1-14(2)11(15(14,3)4)7-19-13(20)8-5-9(16)12(18)10(17)6-8/h5-6,11H,7,18H2,1-4H3,(H,19,20). The zero-order valence-electron chi connectivity index (χ0n) is 12.2. The number of amides is 1. The van der Waals surface area contributed by atoms with Gasteiger partial charge in [-0.15, -0.1) is 0 Å². The van der Waals surface area contributed by atoms with Crippen molar-refractivity contribution in [2.24, 2.45) is 16.7 Å². The minimum Gasteiger partial charge on any atom is -0.396 e.